The van der Waals surface area contributed by atoms with Crippen LogP contribution in [0.2, 0.25) is 18.6 Å². The number of rotatable bonds is 8. The molecule has 4 N–H and O–H groups in total. The highest BCUT2D eigenvalue weighted by Gasteiger charge is 2.26. The van der Waals surface area contributed by atoms with Gasteiger partial charge in [-0.1, -0.05) is 0 Å². The molecular weight excluding hydrogens is 180 g/mol. The molecule has 0 aromatic heterocycles. The standard InChI is InChI=1S/C9H24N2OSi/c1-3-12-13(2,8-4-6-10)9-5-7-11/h3-11H2,1-2H3. The first-order valence-electron chi connectivity index (χ1n) is 5.22. The molecule has 0 radical (unpaired) electrons. The largest absolute Gasteiger partial charge is 0.417 e. The van der Waals surface area contributed by atoms with Crippen molar-refractivity contribution >= 4 is 8.32 Å². The van der Waals surface area contributed by atoms with E-state index in [4.69, 9.17) is 15.9 Å². The van der Waals surface area contributed by atoms with Crippen molar-refractivity contribution < 1.29 is 4.43 Å². The predicted octanol–water partition coefficient (Wildman–Crippen LogP) is 1.30. The van der Waals surface area contributed by atoms with Gasteiger partial charge in [0.05, 0.1) is 0 Å². The Bertz CT molecular complexity index is 114. The summed E-state index contributed by atoms with van der Waals surface area (Å²) >= 11 is 0. The molecule has 80 valence electrons. The average molecular weight is 204 g/mol. The molecule has 3 nitrogen and oxygen atoms in total. The van der Waals surface area contributed by atoms with E-state index in [1.54, 1.807) is 0 Å². The van der Waals surface area contributed by atoms with Gasteiger partial charge in [0.15, 0.2) is 8.32 Å². The fourth-order valence-electron chi connectivity index (χ4n) is 1.57. The topological polar surface area (TPSA) is 61.3 Å². The maximum atomic E-state index is 5.86. The SMILES string of the molecule is CCO[Si](C)(CCCN)CCCN. The van der Waals surface area contributed by atoms with Crippen molar-refractivity contribution in [2.45, 2.75) is 38.4 Å². The zero-order valence-electron chi connectivity index (χ0n) is 9.01. The first-order chi connectivity index (χ1) is 6.18. The molecule has 4 heteroatoms. The fourth-order valence-corrected chi connectivity index (χ4v) is 4.71. The van der Waals surface area contributed by atoms with Crippen LogP contribution >= 0.6 is 0 Å². The Morgan fingerprint density at radius 1 is 1.08 bits per heavy atom. The molecule has 0 aliphatic heterocycles. The van der Waals surface area contributed by atoms with Gasteiger partial charge in [-0.2, -0.15) is 0 Å². The van der Waals surface area contributed by atoms with Gasteiger partial charge < -0.3 is 15.9 Å². The average Bonchev–Trinajstić information content (AvgIpc) is 2.12. The van der Waals surface area contributed by atoms with Crippen molar-refractivity contribution in [3.63, 3.8) is 0 Å². The van der Waals surface area contributed by atoms with Crippen LogP contribution in [0.1, 0.15) is 19.8 Å². The van der Waals surface area contributed by atoms with E-state index >= 15 is 0 Å². The van der Waals surface area contributed by atoms with Crippen molar-refractivity contribution in [2.24, 2.45) is 11.5 Å². The molecule has 0 saturated carbocycles. The zero-order chi connectivity index (χ0) is 10.2. The van der Waals surface area contributed by atoms with E-state index in [1.807, 2.05) is 0 Å². The van der Waals surface area contributed by atoms with E-state index in [0.717, 1.165) is 32.5 Å². The van der Waals surface area contributed by atoms with Crippen LogP contribution in [0.3, 0.4) is 0 Å². The highest BCUT2D eigenvalue weighted by molar-refractivity contribution is 6.72. The maximum Gasteiger partial charge on any atom is 0.189 e. The highest BCUT2D eigenvalue weighted by atomic mass is 28.4. The first kappa shape index (κ1) is 13.1. The van der Waals surface area contributed by atoms with Gasteiger partial charge in [-0.05, 0) is 51.5 Å². The van der Waals surface area contributed by atoms with Gasteiger partial charge in [-0.25, -0.2) is 0 Å². The van der Waals surface area contributed by atoms with Crippen LogP contribution in [0.4, 0.5) is 0 Å². The second-order valence-electron chi connectivity index (χ2n) is 3.67. The van der Waals surface area contributed by atoms with Gasteiger partial charge in [-0.15, -0.1) is 0 Å². The Kier molecular flexibility index (Phi) is 7.55. The highest BCUT2D eigenvalue weighted by Crippen LogP contribution is 2.20. The summed E-state index contributed by atoms with van der Waals surface area (Å²) in [5.74, 6) is 0. The lowest BCUT2D eigenvalue weighted by molar-refractivity contribution is 0.322. The normalized spacial score (nSPS) is 12.0. The lowest BCUT2D eigenvalue weighted by Gasteiger charge is -2.26. The lowest BCUT2D eigenvalue weighted by atomic mass is 10.5. The second-order valence-corrected chi connectivity index (χ2v) is 7.86. The summed E-state index contributed by atoms with van der Waals surface area (Å²) in [5.41, 5.74) is 11.0. The third kappa shape index (κ3) is 6.21. The summed E-state index contributed by atoms with van der Waals surface area (Å²) in [7, 11) is -1.45. The van der Waals surface area contributed by atoms with Gasteiger partial charge in [0.2, 0.25) is 0 Å². The van der Waals surface area contributed by atoms with Crippen molar-refractivity contribution in [2.75, 3.05) is 19.7 Å². The van der Waals surface area contributed by atoms with Crippen LogP contribution < -0.4 is 11.5 Å². The molecule has 0 aliphatic carbocycles. The minimum atomic E-state index is -1.45. The van der Waals surface area contributed by atoms with Crippen molar-refractivity contribution in [1.29, 1.82) is 0 Å². The van der Waals surface area contributed by atoms with Crippen LogP contribution in [-0.2, 0) is 4.43 Å². The Morgan fingerprint density at radius 2 is 1.54 bits per heavy atom. The maximum absolute atomic E-state index is 5.86. The monoisotopic (exact) mass is 204 g/mol. The first-order valence-corrected chi connectivity index (χ1v) is 8.05. The summed E-state index contributed by atoms with van der Waals surface area (Å²) in [4.78, 5) is 0. The smallest absolute Gasteiger partial charge is 0.189 e. The minimum Gasteiger partial charge on any atom is -0.417 e. The van der Waals surface area contributed by atoms with Crippen LogP contribution in [0, 0.1) is 0 Å². The summed E-state index contributed by atoms with van der Waals surface area (Å²) in [6.07, 6.45) is 2.18. The van der Waals surface area contributed by atoms with Crippen LogP contribution in [-0.4, -0.2) is 28.0 Å². The second kappa shape index (κ2) is 7.50. The number of hydrogen-bond donors (Lipinski definition) is 2. The van der Waals surface area contributed by atoms with E-state index in [9.17, 15) is 0 Å². The Hall–Kier alpha value is 0.0969. The van der Waals surface area contributed by atoms with E-state index in [1.165, 1.54) is 12.1 Å². The summed E-state index contributed by atoms with van der Waals surface area (Å²) in [6.45, 7) is 6.74. The van der Waals surface area contributed by atoms with Crippen molar-refractivity contribution in [3.05, 3.63) is 0 Å². The van der Waals surface area contributed by atoms with Gasteiger partial charge in [-0.3, -0.25) is 0 Å². The molecule has 0 aliphatic rings. The third-order valence-electron chi connectivity index (χ3n) is 2.31. The van der Waals surface area contributed by atoms with Crippen LogP contribution in [0.15, 0.2) is 0 Å². The van der Waals surface area contributed by atoms with E-state index < -0.39 is 8.32 Å². The lowest BCUT2D eigenvalue weighted by Crippen LogP contribution is -2.35. The molecule has 0 bridgehead atoms. The molecule has 0 atom stereocenters. The molecule has 0 saturated heterocycles. The molecule has 0 rings (SSSR count). The molecule has 0 amide bonds. The molecule has 0 aromatic rings. The van der Waals surface area contributed by atoms with Crippen molar-refractivity contribution in [1.82, 2.24) is 0 Å². The van der Waals surface area contributed by atoms with Gasteiger partial charge >= 0.3 is 0 Å². The summed E-state index contributed by atoms with van der Waals surface area (Å²) in [6, 6.07) is 2.36. The van der Waals surface area contributed by atoms with E-state index in [2.05, 4.69) is 13.5 Å². The zero-order valence-corrected chi connectivity index (χ0v) is 10.0. The molecule has 0 spiro atoms. The van der Waals surface area contributed by atoms with E-state index in [-0.39, 0.29) is 0 Å². The molecule has 0 aromatic carbocycles. The summed E-state index contributed by atoms with van der Waals surface area (Å²) < 4.78 is 5.86. The number of nitrogens with two attached hydrogens (primary N) is 2. The third-order valence-corrected chi connectivity index (χ3v) is 6.12. The van der Waals surface area contributed by atoms with E-state index in [0.29, 0.717) is 0 Å². The van der Waals surface area contributed by atoms with Gasteiger partial charge in [0.25, 0.3) is 0 Å². The molecule has 0 fully saturated rings. The Morgan fingerprint density at radius 3 is 1.85 bits per heavy atom. The minimum absolute atomic E-state index is 0.776. The quantitative estimate of drug-likeness (QED) is 0.586. The van der Waals surface area contributed by atoms with Gasteiger partial charge in [0.1, 0.15) is 0 Å². The molecular formula is C9H24N2OSi. The predicted molar refractivity (Wildman–Crippen MR) is 60.2 cm³/mol. The summed E-state index contributed by atoms with van der Waals surface area (Å²) in [5, 5.41) is 0. The van der Waals surface area contributed by atoms with Crippen molar-refractivity contribution in [3.8, 4) is 0 Å². The molecule has 0 unspecified atom stereocenters. The van der Waals surface area contributed by atoms with Crippen LogP contribution in [0.25, 0.3) is 0 Å². The fraction of sp³-hybridized carbons (Fsp3) is 1.00. The Labute approximate surface area is 83.0 Å². The molecule has 0 heterocycles. The van der Waals surface area contributed by atoms with Crippen LogP contribution in [0.5, 0.6) is 0 Å². The molecule has 13 heavy (non-hydrogen) atoms. The Balaban J connectivity index is 3.84. The van der Waals surface area contributed by atoms with Gasteiger partial charge in [0, 0.05) is 6.61 Å². The number of hydrogen-bond acceptors (Lipinski definition) is 3.